The molecule has 17 heavy (non-hydrogen) atoms. The van der Waals surface area contributed by atoms with Gasteiger partial charge in [-0.3, -0.25) is 0 Å². The first-order valence-electron chi connectivity index (χ1n) is 4.47. The van der Waals surface area contributed by atoms with Gasteiger partial charge in [-0.05, 0) is 24.3 Å². The van der Waals surface area contributed by atoms with Gasteiger partial charge in [-0.2, -0.15) is 14.8 Å². The molecule has 0 aliphatic carbocycles. The molecule has 0 amide bonds. The minimum absolute atomic E-state index is 0.148. The second-order valence-corrected chi connectivity index (χ2v) is 3.07. The third kappa shape index (κ3) is 2.65. The number of nitrogens with two attached hydrogens (primary N) is 1. The number of hydrogen-bond donors (Lipinski definition) is 1. The summed E-state index contributed by atoms with van der Waals surface area (Å²) in [6.45, 7) is 0. The van der Waals surface area contributed by atoms with Crippen LogP contribution >= 0.6 is 0 Å². The van der Waals surface area contributed by atoms with E-state index >= 15 is 0 Å². The molecule has 0 spiro atoms. The Morgan fingerprint density at radius 3 is 2.29 bits per heavy atom. The molecule has 1 heterocycles. The molecule has 5 nitrogen and oxygen atoms in total. The third-order valence-corrected chi connectivity index (χ3v) is 1.89. The van der Waals surface area contributed by atoms with E-state index in [9.17, 15) is 13.2 Å². The van der Waals surface area contributed by atoms with Crippen molar-refractivity contribution in [3.8, 4) is 11.4 Å². The van der Waals surface area contributed by atoms with Crippen molar-refractivity contribution in [1.82, 2.24) is 14.8 Å². The normalized spacial score (nSPS) is 11.5. The summed E-state index contributed by atoms with van der Waals surface area (Å²) in [5, 5.41) is 3.81. The number of anilines is 1. The maximum absolute atomic E-state index is 11.9. The van der Waals surface area contributed by atoms with Crippen LogP contribution in [0, 0.1) is 0 Å². The van der Waals surface area contributed by atoms with Gasteiger partial charge < -0.3 is 10.5 Å². The lowest BCUT2D eigenvalue weighted by Crippen LogP contribution is -2.17. The van der Waals surface area contributed by atoms with Crippen LogP contribution in [0.4, 0.5) is 19.1 Å². The number of halogens is 3. The van der Waals surface area contributed by atoms with Crippen molar-refractivity contribution < 1.29 is 17.9 Å². The largest absolute Gasteiger partial charge is 0.573 e. The molecule has 0 fully saturated rings. The zero-order chi connectivity index (χ0) is 12.5. The van der Waals surface area contributed by atoms with Gasteiger partial charge >= 0.3 is 6.36 Å². The molecule has 1 aromatic carbocycles. The van der Waals surface area contributed by atoms with Gasteiger partial charge in [0.05, 0.1) is 5.69 Å². The summed E-state index contributed by atoms with van der Waals surface area (Å²) in [5.41, 5.74) is 5.99. The van der Waals surface area contributed by atoms with Crippen LogP contribution in [0.15, 0.2) is 30.6 Å². The Labute approximate surface area is 93.6 Å². The van der Waals surface area contributed by atoms with Crippen LogP contribution in [-0.4, -0.2) is 21.1 Å². The lowest BCUT2D eigenvalue weighted by atomic mass is 10.3. The number of rotatable bonds is 2. The van der Waals surface area contributed by atoms with E-state index in [1.807, 2.05) is 0 Å². The number of nitrogens with zero attached hydrogens (tertiary/aromatic N) is 3. The number of hydrogen-bond acceptors (Lipinski definition) is 4. The van der Waals surface area contributed by atoms with Crippen molar-refractivity contribution in [2.45, 2.75) is 6.36 Å². The van der Waals surface area contributed by atoms with Crippen molar-refractivity contribution in [1.29, 1.82) is 0 Å². The summed E-state index contributed by atoms with van der Waals surface area (Å²) in [4.78, 5) is 3.69. The molecule has 0 radical (unpaired) electrons. The highest BCUT2D eigenvalue weighted by atomic mass is 19.4. The molecule has 0 saturated heterocycles. The van der Waals surface area contributed by atoms with Gasteiger partial charge in [-0.15, -0.1) is 13.2 Å². The average Bonchev–Trinajstić information content (AvgIpc) is 2.63. The van der Waals surface area contributed by atoms with Gasteiger partial charge in [0.1, 0.15) is 12.1 Å². The van der Waals surface area contributed by atoms with E-state index in [0.29, 0.717) is 5.69 Å². The van der Waals surface area contributed by atoms with Crippen LogP contribution in [0.5, 0.6) is 5.75 Å². The second kappa shape index (κ2) is 3.96. The van der Waals surface area contributed by atoms with Gasteiger partial charge in [0.2, 0.25) is 5.95 Å². The first kappa shape index (κ1) is 11.2. The van der Waals surface area contributed by atoms with E-state index in [1.165, 1.54) is 35.3 Å². The van der Waals surface area contributed by atoms with Crippen molar-refractivity contribution >= 4 is 5.95 Å². The average molecular weight is 244 g/mol. The second-order valence-electron chi connectivity index (χ2n) is 3.07. The van der Waals surface area contributed by atoms with Crippen LogP contribution in [0.1, 0.15) is 0 Å². The standard InChI is InChI=1S/C9H7F3N4O/c10-9(11,12)17-7-3-1-6(2-4-7)16-8(13)14-5-15-16/h1-5H,(H2,13,14,15). The lowest BCUT2D eigenvalue weighted by Gasteiger charge is -2.09. The van der Waals surface area contributed by atoms with Crippen molar-refractivity contribution in [2.75, 3.05) is 5.73 Å². The predicted octanol–water partition coefficient (Wildman–Crippen LogP) is 1.75. The van der Waals surface area contributed by atoms with Gasteiger partial charge in [0.25, 0.3) is 0 Å². The molecular formula is C9H7F3N4O. The van der Waals surface area contributed by atoms with Crippen LogP contribution in [0.3, 0.4) is 0 Å². The minimum atomic E-state index is -4.70. The molecule has 0 saturated carbocycles. The summed E-state index contributed by atoms with van der Waals surface area (Å²) in [7, 11) is 0. The van der Waals surface area contributed by atoms with Crippen LogP contribution in [-0.2, 0) is 0 Å². The highest BCUT2D eigenvalue weighted by Gasteiger charge is 2.30. The maximum atomic E-state index is 11.9. The predicted molar refractivity (Wildman–Crippen MR) is 52.5 cm³/mol. The Kier molecular flexibility index (Phi) is 2.62. The summed E-state index contributed by atoms with van der Waals surface area (Å²) in [6, 6.07) is 5.13. The molecule has 0 unspecified atom stereocenters. The molecule has 2 N–H and O–H groups in total. The maximum Gasteiger partial charge on any atom is 0.573 e. The van der Waals surface area contributed by atoms with E-state index in [4.69, 9.17) is 5.73 Å². The van der Waals surface area contributed by atoms with E-state index < -0.39 is 6.36 Å². The van der Waals surface area contributed by atoms with Gasteiger partial charge in [-0.25, -0.2) is 0 Å². The fraction of sp³-hybridized carbons (Fsp3) is 0.111. The SMILES string of the molecule is Nc1ncnn1-c1ccc(OC(F)(F)F)cc1. The number of benzene rings is 1. The molecule has 2 rings (SSSR count). The molecule has 90 valence electrons. The highest BCUT2D eigenvalue weighted by Crippen LogP contribution is 2.23. The third-order valence-electron chi connectivity index (χ3n) is 1.89. The summed E-state index contributed by atoms with van der Waals surface area (Å²) in [6.07, 6.45) is -3.46. The Balaban J connectivity index is 2.22. The molecule has 0 atom stereocenters. The van der Waals surface area contributed by atoms with Gasteiger partial charge in [-0.1, -0.05) is 0 Å². The summed E-state index contributed by atoms with van der Waals surface area (Å²) >= 11 is 0. The van der Waals surface area contributed by atoms with E-state index in [2.05, 4.69) is 14.8 Å². The molecule has 1 aromatic heterocycles. The Morgan fingerprint density at radius 2 is 1.82 bits per heavy atom. The Bertz CT molecular complexity index is 506. The fourth-order valence-electron chi connectivity index (χ4n) is 1.24. The van der Waals surface area contributed by atoms with E-state index in [0.717, 1.165) is 0 Å². The first-order chi connectivity index (χ1) is 7.96. The van der Waals surface area contributed by atoms with Gasteiger partial charge in [0.15, 0.2) is 0 Å². The Hall–Kier alpha value is -2.25. The Morgan fingerprint density at radius 1 is 1.18 bits per heavy atom. The topological polar surface area (TPSA) is 66.0 Å². The molecule has 0 bridgehead atoms. The van der Waals surface area contributed by atoms with Crippen molar-refractivity contribution in [3.05, 3.63) is 30.6 Å². The smallest absolute Gasteiger partial charge is 0.406 e. The number of aromatic nitrogens is 3. The summed E-state index contributed by atoms with van der Waals surface area (Å²) < 4.78 is 40.7. The molecule has 8 heteroatoms. The first-order valence-corrected chi connectivity index (χ1v) is 4.47. The van der Waals surface area contributed by atoms with Crippen molar-refractivity contribution in [2.24, 2.45) is 0 Å². The fourth-order valence-corrected chi connectivity index (χ4v) is 1.24. The van der Waals surface area contributed by atoms with Crippen LogP contribution < -0.4 is 10.5 Å². The van der Waals surface area contributed by atoms with Gasteiger partial charge in [0, 0.05) is 0 Å². The minimum Gasteiger partial charge on any atom is -0.406 e. The van der Waals surface area contributed by atoms with Crippen LogP contribution in [0.2, 0.25) is 0 Å². The molecule has 0 aliphatic heterocycles. The quantitative estimate of drug-likeness (QED) is 0.873. The number of ether oxygens (including phenoxy) is 1. The number of nitrogen functional groups attached to an aromatic ring is 1. The lowest BCUT2D eigenvalue weighted by molar-refractivity contribution is -0.274. The van der Waals surface area contributed by atoms with Crippen LogP contribution in [0.25, 0.3) is 5.69 Å². The monoisotopic (exact) mass is 244 g/mol. The molecule has 0 aliphatic rings. The number of alkyl halides is 3. The van der Waals surface area contributed by atoms with E-state index in [-0.39, 0.29) is 11.7 Å². The van der Waals surface area contributed by atoms with Crippen molar-refractivity contribution in [3.63, 3.8) is 0 Å². The molecular weight excluding hydrogens is 237 g/mol. The highest BCUT2D eigenvalue weighted by molar-refractivity contribution is 5.40. The summed E-state index contributed by atoms with van der Waals surface area (Å²) in [5.74, 6) is -0.158. The zero-order valence-electron chi connectivity index (χ0n) is 8.35. The zero-order valence-corrected chi connectivity index (χ0v) is 8.35. The van der Waals surface area contributed by atoms with E-state index in [1.54, 1.807) is 0 Å². The molecule has 2 aromatic rings.